The first-order valence-electron chi connectivity index (χ1n) is 7.51. The Balaban J connectivity index is 3.06. The zero-order valence-corrected chi connectivity index (χ0v) is 11.8. The smallest absolute Gasteiger partial charge is 0.0351 e. The summed E-state index contributed by atoms with van der Waals surface area (Å²) in [5.41, 5.74) is 0. The lowest BCUT2D eigenvalue weighted by Gasteiger charge is -1.96. The summed E-state index contributed by atoms with van der Waals surface area (Å²) in [6.45, 7) is 6.05. The first kappa shape index (κ1) is 16.5. The summed E-state index contributed by atoms with van der Waals surface area (Å²) in [7, 11) is 0. The van der Waals surface area contributed by atoms with Gasteiger partial charge in [0.05, 0.1) is 0 Å². The highest BCUT2D eigenvalue weighted by Gasteiger charge is 1.87. The molecule has 0 aliphatic carbocycles. The molecule has 0 saturated heterocycles. The zero-order chi connectivity index (χ0) is 12.6. The third-order valence-electron chi connectivity index (χ3n) is 2.93. The van der Waals surface area contributed by atoms with Crippen LogP contribution in [0.5, 0.6) is 0 Å². The molecule has 0 aromatic heterocycles. The van der Waals surface area contributed by atoms with Crippen LogP contribution in [0, 0.1) is 6.92 Å². The molecule has 0 N–H and O–H groups in total. The Morgan fingerprint density at radius 2 is 1.12 bits per heavy atom. The van der Waals surface area contributed by atoms with Crippen molar-refractivity contribution in [2.75, 3.05) is 0 Å². The third kappa shape index (κ3) is 15.5. The van der Waals surface area contributed by atoms with Gasteiger partial charge in [-0.2, -0.15) is 0 Å². The molecule has 0 unspecified atom stereocenters. The Hall–Kier alpha value is -0.520. The molecule has 1 radical (unpaired) electrons. The summed E-state index contributed by atoms with van der Waals surface area (Å²) >= 11 is 0. The topological polar surface area (TPSA) is 0 Å². The minimum atomic E-state index is 1.09. The molecule has 0 aliphatic heterocycles. The summed E-state index contributed by atoms with van der Waals surface area (Å²) in [5, 5.41) is 0. The Bertz CT molecular complexity index is 176. The van der Waals surface area contributed by atoms with Crippen LogP contribution in [0.2, 0.25) is 0 Å². The molecule has 0 amide bonds. The minimum Gasteiger partial charge on any atom is -0.0888 e. The molecule has 0 spiro atoms. The van der Waals surface area contributed by atoms with Gasteiger partial charge in [0.25, 0.3) is 0 Å². The Morgan fingerprint density at radius 1 is 0.647 bits per heavy atom. The first-order valence-corrected chi connectivity index (χ1v) is 7.51. The molecule has 99 valence electrons. The molecule has 0 fully saturated rings. The van der Waals surface area contributed by atoms with Crippen molar-refractivity contribution in [2.45, 2.75) is 77.6 Å². The van der Waals surface area contributed by atoms with E-state index in [2.05, 4.69) is 38.2 Å². The molecule has 0 heteroatoms. The molecule has 0 aromatic carbocycles. The van der Waals surface area contributed by atoms with Crippen molar-refractivity contribution in [3.63, 3.8) is 0 Å². The summed E-state index contributed by atoms with van der Waals surface area (Å²) in [6, 6.07) is 0. The van der Waals surface area contributed by atoms with Gasteiger partial charge in [0.1, 0.15) is 0 Å². The van der Waals surface area contributed by atoms with Crippen LogP contribution < -0.4 is 0 Å². The van der Waals surface area contributed by atoms with Gasteiger partial charge in [-0.3, -0.25) is 0 Å². The number of hydrogen-bond acceptors (Lipinski definition) is 0. The average Bonchev–Trinajstić information content (AvgIpc) is 2.35. The number of unbranched alkanes of at least 4 members (excludes halogenated alkanes) is 8. The molecule has 17 heavy (non-hydrogen) atoms. The van der Waals surface area contributed by atoms with Crippen LogP contribution >= 0.6 is 0 Å². The fourth-order valence-corrected chi connectivity index (χ4v) is 1.84. The van der Waals surface area contributed by atoms with Gasteiger partial charge in [0.15, 0.2) is 0 Å². The quantitative estimate of drug-likeness (QED) is 0.277. The molecule has 0 atom stereocenters. The second-order valence-corrected chi connectivity index (χ2v) is 4.69. The maximum atomic E-state index is 3.86. The van der Waals surface area contributed by atoms with Crippen molar-refractivity contribution in [1.29, 1.82) is 0 Å². The third-order valence-corrected chi connectivity index (χ3v) is 2.93. The molecule has 0 rings (SSSR count). The fraction of sp³-hybridized carbons (Fsp3) is 0.706. The van der Waals surface area contributed by atoms with Crippen molar-refractivity contribution in [1.82, 2.24) is 0 Å². The molecule has 0 saturated carbocycles. The summed E-state index contributed by atoms with van der Waals surface area (Å²) in [4.78, 5) is 0. The lowest BCUT2D eigenvalue weighted by molar-refractivity contribution is 0.684. The normalized spacial score (nSPS) is 11.9. The molecular weight excluding hydrogens is 204 g/mol. The van der Waals surface area contributed by atoms with Crippen LogP contribution in [0.4, 0.5) is 0 Å². The van der Waals surface area contributed by atoms with Crippen molar-refractivity contribution in [2.24, 2.45) is 0 Å². The average molecular weight is 235 g/mol. The monoisotopic (exact) mass is 235 g/mol. The van der Waals surface area contributed by atoms with Crippen LogP contribution in [0.3, 0.4) is 0 Å². The summed E-state index contributed by atoms with van der Waals surface area (Å²) < 4.78 is 0. The lowest BCUT2D eigenvalue weighted by Crippen LogP contribution is -1.76. The molecule has 0 nitrogen and oxygen atoms in total. The fourth-order valence-electron chi connectivity index (χ4n) is 1.84. The molecular formula is C17H31. The number of hydrogen-bond donors (Lipinski definition) is 0. The molecule has 0 bridgehead atoms. The van der Waals surface area contributed by atoms with Crippen LogP contribution in [0.1, 0.15) is 77.6 Å². The SMILES string of the molecule is [CH2]CCCCC/C=C/CCCCC/C=C/CC. The van der Waals surface area contributed by atoms with E-state index in [4.69, 9.17) is 0 Å². The van der Waals surface area contributed by atoms with Gasteiger partial charge in [0, 0.05) is 0 Å². The maximum absolute atomic E-state index is 3.86. The van der Waals surface area contributed by atoms with Gasteiger partial charge in [-0.1, -0.05) is 63.8 Å². The van der Waals surface area contributed by atoms with Crippen LogP contribution in [-0.2, 0) is 0 Å². The molecule has 0 aromatic rings. The molecule has 0 aliphatic rings. The van der Waals surface area contributed by atoms with Crippen LogP contribution in [0.15, 0.2) is 24.3 Å². The van der Waals surface area contributed by atoms with E-state index >= 15 is 0 Å². The van der Waals surface area contributed by atoms with Crippen molar-refractivity contribution < 1.29 is 0 Å². The van der Waals surface area contributed by atoms with E-state index in [9.17, 15) is 0 Å². The highest BCUT2D eigenvalue weighted by Crippen LogP contribution is 2.06. The van der Waals surface area contributed by atoms with E-state index < -0.39 is 0 Å². The van der Waals surface area contributed by atoms with E-state index in [1.807, 2.05) is 0 Å². The van der Waals surface area contributed by atoms with Crippen molar-refractivity contribution in [3.8, 4) is 0 Å². The standard InChI is InChI=1S/C17H31/c1-3-5-7-9-11-13-15-17-16-14-12-10-8-6-4-2/h6,8,13,15H,1,3-5,7,9-12,14,16-17H2,2H3/b8-6+,15-13+. The van der Waals surface area contributed by atoms with E-state index in [0.29, 0.717) is 0 Å². The second-order valence-electron chi connectivity index (χ2n) is 4.69. The summed E-state index contributed by atoms with van der Waals surface area (Å²) in [6.07, 6.45) is 23.5. The van der Waals surface area contributed by atoms with Crippen molar-refractivity contribution in [3.05, 3.63) is 31.2 Å². The van der Waals surface area contributed by atoms with Crippen LogP contribution in [-0.4, -0.2) is 0 Å². The predicted molar refractivity (Wildman–Crippen MR) is 80.1 cm³/mol. The minimum absolute atomic E-state index is 1.09. The van der Waals surface area contributed by atoms with E-state index in [-0.39, 0.29) is 0 Å². The van der Waals surface area contributed by atoms with Gasteiger partial charge < -0.3 is 0 Å². The summed E-state index contributed by atoms with van der Waals surface area (Å²) in [5.74, 6) is 0. The van der Waals surface area contributed by atoms with E-state index in [1.54, 1.807) is 0 Å². The van der Waals surface area contributed by atoms with Crippen molar-refractivity contribution >= 4 is 0 Å². The molecule has 0 heterocycles. The second kappa shape index (κ2) is 15.5. The van der Waals surface area contributed by atoms with Gasteiger partial charge >= 0.3 is 0 Å². The largest absolute Gasteiger partial charge is 0.0888 e. The first-order chi connectivity index (χ1) is 8.41. The van der Waals surface area contributed by atoms with E-state index in [0.717, 1.165) is 6.42 Å². The predicted octanol–water partition coefficient (Wildman–Crippen LogP) is 6.24. The highest BCUT2D eigenvalue weighted by molar-refractivity contribution is 4.82. The van der Waals surface area contributed by atoms with Crippen LogP contribution in [0.25, 0.3) is 0 Å². The Kier molecular flexibility index (Phi) is 15.0. The Morgan fingerprint density at radius 3 is 1.59 bits per heavy atom. The lowest BCUT2D eigenvalue weighted by atomic mass is 10.1. The Labute approximate surface area is 109 Å². The number of allylic oxidation sites excluding steroid dienone is 4. The number of rotatable bonds is 12. The van der Waals surface area contributed by atoms with Gasteiger partial charge in [-0.15, -0.1) is 0 Å². The maximum Gasteiger partial charge on any atom is -0.0351 e. The highest BCUT2D eigenvalue weighted by atomic mass is 13.9. The van der Waals surface area contributed by atoms with Gasteiger partial charge in [-0.05, 0) is 44.9 Å². The van der Waals surface area contributed by atoms with Gasteiger partial charge in [-0.25, -0.2) is 0 Å². The van der Waals surface area contributed by atoms with Gasteiger partial charge in [0.2, 0.25) is 0 Å². The van der Waals surface area contributed by atoms with E-state index in [1.165, 1.54) is 64.2 Å². The zero-order valence-electron chi connectivity index (χ0n) is 11.8.